The molecule has 2 N–H and O–H groups in total. The summed E-state index contributed by atoms with van der Waals surface area (Å²) >= 11 is 3.54. The summed E-state index contributed by atoms with van der Waals surface area (Å²) in [5, 5.41) is 12.8. The van der Waals surface area contributed by atoms with E-state index in [-0.39, 0.29) is 5.41 Å². The predicted octanol–water partition coefficient (Wildman–Crippen LogP) is 2.70. The Bertz CT molecular complexity index is 344. The molecule has 0 bridgehead atoms. The number of rotatable bonds is 5. The summed E-state index contributed by atoms with van der Waals surface area (Å²) in [6.45, 7) is 2.10. The van der Waals surface area contributed by atoms with Gasteiger partial charge in [-0.15, -0.1) is 0 Å². The molecule has 1 aromatic carbocycles. The highest BCUT2D eigenvalue weighted by molar-refractivity contribution is 9.10. The molecule has 0 atom stereocenters. The van der Waals surface area contributed by atoms with Crippen LogP contribution in [0.25, 0.3) is 0 Å². The normalized spacial score (nSPS) is 18.1. The van der Waals surface area contributed by atoms with Gasteiger partial charge >= 0.3 is 0 Å². The summed E-state index contributed by atoms with van der Waals surface area (Å²) < 4.78 is 1.15. The van der Waals surface area contributed by atoms with Gasteiger partial charge in [-0.1, -0.05) is 40.5 Å². The van der Waals surface area contributed by atoms with Crippen molar-refractivity contribution < 1.29 is 5.11 Å². The van der Waals surface area contributed by atoms with Crippen molar-refractivity contribution >= 4 is 15.9 Å². The molecule has 2 nitrogen and oxygen atoms in total. The van der Waals surface area contributed by atoms with Crippen LogP contribution in [0.1, 0.15) is 24.8 Å². The van der Waals surface area contributed by atoms with E-state index in [2.05, 4.69) is 33.4 Å². The Morgan fingerprint density at radius 3 is 2.62 bits per heavy atom. The Labute approximate surface area is 105 Å². The molecule has 0 unspecified atom stereocenters. The lowest BCUT2D eigenvalue weighted by Gasteiger charge is -2.40. The van der Waals surface area contributed by atoms with E-state index in [0.717, 1.165) is 30.4 Å². The van der Waals surface area contributed by atoms with E-state index in [1.165, 1.54) is 12.0 Å². The molecule has 1 fully saturated rings. The van der Waals surface area contributed by atoms with Crippen LogP contribution in [0.4, 0.5) is 0 Å². The maximum absolute atomic E-state index is 9.34. The molecule has 0 saturated heterocycles. The molecule has 0 amide bonds. The van der Waals surface area contributed by atoms with E-state index >= 15 is 0 Å². The number of aliphatic hydroxyl groups is 1. The second-order valence-electron chi connectivity index (χ2n) is 4.71. The standard InChI is InChI=1S/C13H18BrNO/c14-12-5-2-1-4-11(12)8-15-9-13(10-16)6-3-7-13/h1-2,4-5,15-16H,3,6-10H2. The van der Waals surface area contributed by atoms with Gasteiger partial charge in [0.1, 0.15) is 0 Å². The van der Waals surface area contributed by atoms with E-state index in [1.807, 2.05) is 12.1 Å². The second kappa shape index (κ2) is 5.30. The zero-order valence-corrected chi connectivity index (χ0v) is 11.0. The van der Waals surface area contributed by atoms with Crippen molar-refractivity contribution in [2.75, 3.05) is 13.2 Å². The van der Waals surface area contributed by atoms with Gasteiger partial charge in [0.15, 0.2) is 0 Å². The van der Waals surface area contributed by atoms with Crippen LogP contribution in [0.2, 0.25) is 0 Å². The first-order valence-corrected chi connectivity index (χ1v) is 6.60. The molecular formula is C13H18BrNO. The van der Waals surface area contributed by atoms with Gasteiger partial charge in [-0.3, -0.25) is 0 Å². The fraction of sp³-hybridized carbons (Fsp3) is 0.538. The van der Waals surface area contributed by atoms with Gasteiger partial charge in [0.2, 0.25) is 0 Å². The van der Waals surface area contributed by atoms with Gasteiger partial charge in [0, 0.05) is 29.6 Å². The summed E-state index contributed by atoms with van der Waals surface area (Å²) in [5.41, 5.74) is 1.44. The predicted molar refractivity (Wildman–Crippen MR) is 69.2 cm³/mol. The summed E-state index contributed by atoms with van der Waals surface area (Å²) in [5.74, 6) is 0. The Kier molecular flexibility index (Phi) is 4.00. The molecule has 3 heteroatoms. The second-order valence-corrected chi connectivity index (χ2v) is 5.56. The lowest BCUT2D eigenvalue weighted by atomic mass is 9.69. The minimum Gasteiger partial charge on any atom is -0.396 e. The van der Waals surface area contributed by atoms with Crippen LogP contribution in [0.5, 0.6) is 0 Å². The lowest BCUT2D eigenvalue weighted by molar-refractivity contribution is 0.0445. The number of hydrogen-bond donors (Lipinski definition) is 2. The van der Waals surface area contributed by atoms with Crippen molar-refractivity contribution in [1.29, 1.82) is 0 Å². The van der Waals surface area contributed by atoms with E-state index < -0.39 is 0 Å². The lowest BCUT2D eigenvalue weighted by Crippen LogP contribution is -2.42. The maximum atomic E-state index is 9.34. The summed E-state index contributed by atoms with van der Waals surface area (Å²) in [6, 6.07) is 8.24. The van der Waals surface area contributed by atoms with Crippen LogP contribution in [-0.2, 0) is 6.54 Å². The highest BCUT2D eigenvalue weighted by Crippen LogP contribution is 2.39. The summed E-state index contributed by atoms with van der Waals surface area (Å²) in [4.78, 5) is 0. The zero-order chi connectivity index (χ0) is 11.4. The third-order valence-electron chi connectivity index (χ3n) is 3.52. The number of halogens is 1. The Morgan fingerprint density at radius 1 is 1.31 bits per heavy atom. The molecule has 0 aromatic heterocycles. The van der Waals surface area contributed by atoms with E-state index in [0.29, 0.717) is 6.61 Å². The Hall–Kier alpha value is -0.380. The number of aliphatic hydroxyl groups excluding tert-OH is 1. The van der Waals surface area contributed by atoms with Crippen LogP contribution < -0.4 is 5.32 Å². The van der Waals surface area contributed by atoms with Gasteiger partial charge in [-0.05, 0) is 24.5 Å². The molecule has 1 aliphatic rings. The molecule has 2 rings (SSSR count). The first-order chi connectivity index (χ1) is 7.76. The molecule has 1 aliphatic carbocycles. The molecule has 16 heavy (non-hydrogen) atoms. The highest BCUT2D eigenvalue weighted by Gasteiger charge is 2.35. The van der Waals surface area contributed by atoms with E-state index in [1.54, 1.807) is 0 Å². The minimum absolute atomic E-state index is 0.168. The van der Waals surface area contributed by atoms with Crippen molar-refractivity contribution in [3.05, 3.63) is 34.3 Å². The first kappa shape index (κ1) is 12.1. The largest absolute Gasteiger partial charge is 0.396 e. The van der Waals surface area contributed by atoms with Crippen molar-refractivity contribution in [2.24, 2.45) is 5.41 Å². The monoisotopic (exact) mass is 283 g/mol. The van der Waals surface area contributed by atoms with Crippen molar-refractivity contribution in [3.63, 3.8) is 0 Å². The van der Waals surface area contributed by atoms with Gasteiger partial charge in [0.25, 0.3) is 0 Å². The number of hydrogen-bond acceptors (Lipinski definition) is 2. The van der Waals surface area contributed by atoms with Gasteiger partial charge in [-0.2, -0.15) is 0 Å². The van der Waals surface area contributed by atoms with Gasteiger partial charge < -0.3 is 10.4 Å². The molecule has 0 spiro atoms. The molecular weight excluding hydrogens is 266 g/mol. The minimum atomic E-state index is 0.168. The SMILES string of the molecule is OCC1(CNCc2ccccc2Br)CCC1. The third kappa shape index (κ3) is 2.65. The number of benzene rings is 1. The van der Waals surface area contributed by atoms with Crippen LogP contribution in [-0.4, -0.2) is 18.3 Å². The average Bonchev–Trinajstić information content (AvgIpc) is 2.25. The van der Waals surface area contributed by atoms with Crippen LogP contribution >= 0.6 is 15.9 Å². The third-order valence-corrected chi connectivity index (χ3v) is 4.30. The van der Waals surface area contributed by atoms with Crippen LogP contribution in [0, 0.1) is 5.41 Å². The smallest absolute Gasteiger partial charge is 0.0499 e. The molecule has 0 aliphatic heterocycles. The van der Waals surface area contributed by atoms with Crippen LogP contribution in [0.15, 0.2) is 28.7 Å². The average molecular weight is 284 g/mol. The molecule has 0 radical (unpaired) electrons. The van der Waals surface area contributed by atoms with Gasteiger partial charge in [-0.25, -0.2) is 0 Å². The number of nitrogens with one attached hydrogen (secondary N) is 1. The Balaban J connectivity index is 1.82. The fourth-order valence-electron chi connectivity index (χ4n) is 2.17. The van der Waals surface area contributed by atoms with E-state index in [9.17, 15) is 5.11 Å². The van der Waals surface area contributed by atoms with Crippen molar-refractivity contribution in [3.8, 4) is 0 Å². The molecule has 1 aromatic rings. The summed E-state index contributed by atoms with van der Waals surface area (Å²) in [7, 11) is 0. The first-order valence-electron chi connectivity index (χ1n) is 5.81. The maximum Gasteiger partial charge on any atom is 0.0499 e. The van der Waals surface area contributed by atoms with Crippen LogP contribution in [0.3, 0.4) is 0 Å². The topological polar surface area (TPSA) is 32.3 Å². The molecule has 0 heterocycles. The van der Waals surface area contributed by atoms with Crippen molar-refractivity contribution in [1.82, 2.24) is 5.32 Å². The quantitative estimate of drug-likeness (QED) is 0.871. The molecule has 1 saturated carbocycles. The molecule has 88 valence electrons. The Morgan fingerprint density at radius 2 is 2.06 bits per heavy atom. The highest BCUT2D eigenvalue weighted by atomic mass is 79.9. The summed E-state index contributed by atoms with van der Waals surface area (Å²) in [6.07, 6.45) is 3.58. The fourth-order valence-corrected chi connectivity index (χ4v) is 2.60. The van der Waals surface area contributed by atoms with Gasteiger partial charge in [0.05, 0.1) is 0 Å². The zero-order valence-electron chi connectivity index (χ0n) is 9.38. The van der Waals surface area contributed by atoms with E-state index in [4.69, 9.17) is 0 Å². The van der Waals surface area contributed by atoms with Crippen molar-refractivity contribution in [2.45, 2.75) is 25.8 Å².